The van der Waals surface area contributed by atoms with Crippen molar-refractivity contribution in [1.29, 1.82) is 0 Å². The molecule has 0 radical (unpaired) electrons. The summed E-state index contributed by atoms with van der Waals surface area (Å²) in [6, 6.07) is 4.10. The fourth-order valence-electron chi connectivity index (χ4n) is 1.95. The normalized spacial score (nSPS) is 12.9. The molecule has 108 valence electrons. The van der Waals surface area contributed by atoms with E-state index in [1.54, 1.807) is 20.2 Å². The lowest BCUT2D eigenvalue weighted by atomic mass is 10.0. The first-order valence-corrected chi connectivity index (χ1v) is 6.38. The molecule has 5 heteroatoms. The summed E-state index contributed by atoms with van der Waals surface area (Å²) in [4.78, 5) is 2.10. The summed E-state index contributed by atoms with van der Waals surface area (Å²) in [6.45, 7) is 2.26. The number of ether oxygens (including phenoxy) is 1. The van der Waals surface area contributed by atoms with Gasteiger partial charge >= 0.3 is 0 Å². The van der Waals surface area contributed by atoms with Crippen LogP contribution in [0.5, 0.6) is 0 Å². The molecule has 1 rings (SSSR count). The summed E-state index contributed by atoms with van der Waals surface area (Å²) in [5.41, 5.74) is 0.377. The van der Waals surface area contributed by atoms with Gasteiger partial charge in [0.1, 0.15) is 0 Å². The van der Waals surface area contributed by atoms with Gasteiger partial charge in [0.05, 0.1) is 6.61 Å². The lowest BCUT2D eigenvalue weighted by Gasteiger charge is -2.22. The average molecular weight is 272 g/mol. The summed E-state index contributed by atoms with van der Waals surface area (Å²) in [6.07, 6.45) is 0.705. The topological polar surface area (TPSA) is 24.5 Å². The number of benzene rings is 1. The molecule has 0 saturated heterocycles. The molecule has 0 bridgehead atoms. The lowest BCUT2D eigenvalue weighted by Crippen LogP contribution is -2.28. The first kappa shape index (κ1) is 16.0. The number of rotatable bonds is 8. The molecule has 0 spiro atoms. The number of methoxy groups -OCH3 is 1. The minimum Gasteiger partial charge on any atom is -0.383 e. The van der Waals surface area contributed by atoms with Crippen molar-refractivity contribution in [2.75, 3.05) is 40.9 Å². The van der Waals surface area contributed by atoms with Gasteiger partial charge in [-0.15, -0.1) is 0 Å². The molecule has 0 fully saturated rings. The molecule has 0 aromatic heterocycles. The van der Waals surface area contributed by atoms with E-state index in [0.717, 1.165) is 19.2 Å². The van der Waals surface area contributed by atoms with Gasteiger partial charge in [0.2, 0.25) is 0 Å². The number of nitrogens with zero attached hydrogens (tertiary/aromatic N) is 1. The van der Waals surface area contributed by atoms with Crippen LogP contribution >= 0.6 is 0 Å². The van der Waals surface area contributed by atoms with E-state index < -0.39 is 11.6 Å². The van der Waals surface area contributed by atoms with E-state index in [-0.39, 0.29) is 6.04 Å². The number of halogens is 2. The minimum atomic E-state index is -0.800. The van der Waals surface area contributed by atoms with Gasteiger partial charge in [-0.25, -0.2) is 8.78 Å². The van der Waals surface area contributed by atoms with E-state index in [4.69, 9.17) is 4.74 Å². The molecule has 1 unspecified atom stereocenters. The van der Waals surface area contributed by atoms with Crippen LogP contribution in [0.4, 0.5) is 8.78 Å². The predicted molar refractivity (Wildman–Crippen MR) is 72.1 cm³/mol. The highest BCUT2D eigenvalue weighted by Gasteiger charge is 2.17. The second-order valence-electron chi connectivity index (χ2n) is 4.57. The Bertz CT molecular complexity index is 388. The maximum absolute atomic E-state index is 13.7. The second kappa shape index (κ2) is 8.19. The van der Waals surface area contributed by atoms with Crippen LogP contribution in [0.3, 0.4) is 0 Å². The summed E-state index contributed by atoms with van der Waals surface area (Å²) in [7, 11) is 5.39. The summed E-state index contributed by atoms with van der Waals surface area (Å²) < 4.78 is 31.9. The largest absolute Gasteiger partial charge is 0.383 e. The standard InChI is InChI=1S/C14H22F2N2O/c1-17-13(7-8-18(2)9-10-19-3)11-5-4-6-12(15)14(11)16/h4-6,13,17H,7-10H2,1-3H3. The van der Waals surface area contributed by atoms with E-state index in [1.165, 1.54) is 6.07 Å². The minimum absolute atomic E-state index is 0.194. The molecule has 0 aliphatic carbocycles. The molecule has 1 aromatic rings. The van der Waals surface area contributed by atoms with E-state index in [0.29, 0.717) is 18.6 Å². The highest BCUT2D eigenvalue weighted by Crippen LogP contribution is 2.21. The Balaban J connectivity index is 2.60. The molecule has 3 nitrogen and oxygen atoms in total. The molecule has 1 aromatic carbocycles. The summed E-state index contributed by atoms with van der Waals surface area (Å²) in [5.74, 6) is -1.56. The van der Waals surface area contributed by atoms with Gasteiger partial charge in [-0.3, -0.25) is 0 Å². The first-order valence-electron chi connectivity index (χ1n) is 6.38. The monoisotopic (exact) mass is 272 g/mol. The molecule has 0 amide bonds. The van der Waals surface area contributed by atoms with Gasteiger partial charge in [-0.2, -0.15) is 0 Å². The van der Waals surface area contributed by atoms with E-state index in [2.05, 4.69) is 10.2 Å². The molecule has 0 heterocycles. The Morgan fingerprint density at radius 2 is 2.05 bits per heavy atom. The Morgan fingerprint density at radius 1 is 1.32 bits per heavy atom. The highest BCUT2D eigenvalue weighted by atomic mass is 19.2. The van der Waals surface area contributed by atoms with Crippen LogP contribution < -0.4 is 5.32 Å². The third kappa shape index (κ3) is 4.86. The molecule has 1 atom stereocenters. The maximum atomic E-state index is 13.7. The summed E-state index contributed by atoms with van der Waals surface area (Å²) in [5, 5.41) is 3.03. The number of nitrogens with one attached hydrogen (secondary N) is 1. The number of likely N-dealkylation sites (N-methyl/N-ethyl adjacent to an activating group) is 1. The molecule has 0 aliphatic rings. The van der Waals surface area contributed by atoms with Gasteiger partial charge in [-0.05, 0) is 33.1 Å². The third-order valence-corrected chi connectivity index (χ3v) is 3.18. The molecular weight excluding hydrogens is 250 g/mol. The van der Waals surface area contributed by atoms with Crippen molar-refractivity contribution >= 4 is 0 Å². The van der Waals surface area contributed by atoms with Crippen molar-refractivity contribution < 1.29 is 13.5 Å². The zero-order valence-electron chi connectivity index (χ0n) is 11.7. The summed E-state index contributed by atoms with van der Waals surface area (Å²) >= 11 is 0. The van der Waals surface area contributed by atoms with Crippen LogP contribution in [-0.2, 0) is 4.74 Å². The van der Waals surface area contributed by atoms with Crippen LogP contribution in [-0.4, -0.2) is 45.8 Å². The first-order chi connectivity index (χ1) is 9.10. The van der Waals surface area contributed by atoms with Crippen molar-refractivity contribution in [3.05, 3.63) is 35.4 Å². The lowest BCUT2D eigenvalue weighted by molar-refractivity contribution is 0.159. The van der Waals surface area contributed by atoms with E-state index >= 15 is 0 Å². The molecule has 1 N–H and O–H groups in total. The molecule has 19 heavy (non-hydrogen) atoms. The Hall–Kier alpha value is -1.04. The molecule has 0 aliphatic heterocycles. The quantitative estimate of drug-likeness (QED) is 0.785. The van der Waals surface area contributed by atoms with Crippen molar-refractivity contribution in [2.45, 2.75) is 12.5 Å². The van der Waals surface area contributed by atoms with Crippen molar-refractivity contribution in [2.24, 2.45) is 0 Å². The van der Waals surface area contributed by atoms with Gasteiger partial charge in [0.25, 0.3) is 0 Å². The average Bonchev–Trinajstić information content (AvgIpc) is 2.41. The number of hydrogen-bond acceptors (Lipinski definition) is 3. The Kier molecular flexibility index (Phi) is 6.91. The van der Waals surface area contributed by atoms with Crippen molar-refractivity contribution in [3.63, 3.8) is 0 Å². The van der Waals surface area contributed by atoms with Gasteiger partial charge in [0, 0.05) is 25.3 Å². The third-order valence-electron chi connectivity index (χ3n) is 3.18. The predicted octanol–water partition coefficient (Wildman–Crippen LogP) is 2.19. The molecule has 0 saturated carbocycles. The van der Waals surface area contributed by atoms with Crippen LogP contribution in [0.15, 0.2) is 18.2 Å². The number of hydrogen-bond donors (Lipinski definition) is 1. The Labute approximate surface area is 113 Å². The van der Waals surface area contributed by atoms with Crippen LogP contribution in [0, 0.1) is 11.6 Å². The smallest absolute Gasteiger partial charge is 0.163 e. The Morgan fingerprint density at radius 3 is 2.68 bits per heavy atom. The highest BCUT2D eigenvalue weighted by molar-refractivity contribution is 5.22. The zero-order valence-corrected chi connectivity index (χ0v) is 11.7. The van der Waals surface area contributed by atoms with E-state index in [9.17, 15) is 8.78 Å². The molecular formula is C14H22F2N2O. The fourth-order valence-corrected chi connectivity index (χ4v) is 1.95. The van der Waals surface area contributed by atoms with E-state index in [1.807, 2.05) is 7.05 Å². The van der Waals surface area contributed by atoms with Crippen LogP contribution in [0.1, 0.15) is 18.0 Å². The van der Waals surface area contributed by atoms with Crippen molar-refractivity contribution in [3.8, 4) is 0 Å². The van der Waals surface area contributed by atoms with Crippen molar-refractivity contribution in [1.82, 2.24) is 10.2 Å². The van der Waals surface area contributed by atoms with Gasteiger partial charge in [-0.1, -0.05) is 12.1 Å². The zero-order chi connectivity index (χ0) is 14.3. The van der Waals surface area contributed by atoms with Crippen LogP contribution in [0.25, 0.3) is 0 Å². The fraction of sp³-hybridized carbons (Fsp3) is 0.571. The van der Waals surface area contributed by atoms with Gasteiger partial charge in [0.15, 0.2) is 11.6 Å². The van der Waals surface area contributed by atoms with Crippen LogP contribution in [0.2, 0.25) is 0 Å². The second-order valence-corrected chi connectivity index (χ2v) is 4.57. The SMILES string of the molecule is CNC(CCN(C)CCOC)c1cccc(F)c1F. The maximum Gasteiger partial charge on any atom is 0.163 e. The van der Waals surface area contributed by atoms with Gasteiger partial charge < -0.3 is 15.0 Å².